The largest absolute Gasteiger partial charge is 0.758 e. The van der Waals surface area contributed by atoms with Gasteiger partial charge in [0, 0.05) is 5.56 Å². The zero-order valence-corrected chi connectivity index (χ0v) is 8.93. The molecule has 2 rings (SSSR count). The highest BCUT2D eigenvalue weighted by molar-refractivity contribution is 5.40. The lowest BCUT2D eigenvalue weighted by molar-refractivity contribution is 0.249. The Morgan fingerprint density at radius 2 is 2.13 bits per heavy atom. The molecule has 1 heterocycles. The van der Waals surface area contributed by atoms with Crippen LogP contribution in [-0.2, 0) is 5.54 Å². The molecule has 0 fully saturated rings. The number of hydrogen-bond acceptors (Lipinski definition) is 3. The smallest absolute Gasteiger partial charge is 0.124 e. The lowest BCUT2D eigenvalue weighted by atomic mass is 9.89. The SMILES string of the molecule is COc1ccccc1C1(C)CC=CN1[O-]. The highest BCUT2D eigenvalue weighted by Gasteiger charge is 2.31. The second-order valence-electron chi connectivity index (χ2n) is 3.89. The lowest BCUT2D eigenvalue weighted by Gasteiger charge is -2.42. The third-order valence-corrected chi connectivity index (χ3v) is 2.93. The first-order valence-electron chi connectivity index (χ1n) is 4.95. The summed E-state index contributed by atoms with van der Waals surface area (Å²) in [7, 11) is 1.62. The van der Waals surface area contributed by atoms with E-state index in [1.807, 2.05) is 37.3 Å². The summed E-state index contributed by atoms with van der Waals surface area (Å²) in [6.45, 7) is 1.93. The Kier molecular flexibility index (Phi) is 2.40. The van der Waals surface area contributed by atoms with E-state index in [9.17, 15) is 5.21 Å². The summed E-state index contributed by atoms with van der Waals surface area (Å²) in [4.78, 5) is 0. The predicted octanol–water partition coefficient (Wildman–Crippen LogP) is 2.63. The monoisotopic (exact) mass is 204 g/mol. The number of hydrogen-bond donors (Lipinski definition) is 0. The number of benzene rings is 1. The van der Waals surface area contributed by atoms with Crippen LogP contribution in [0.15, 0.2) is 36.5 Å². The van der Waals surface area contributed by atoms with E-state index in [0.29, 0.717) is 0 Å². The molecular formula is C12H14NO2-. The van der Waals surface area contributed by atoms with Gasteiger partial charge in [0.25, 0.3) is 0 Å². The molecule has 1 aromatic rings. The van der Waals surface area contributed by atoms with Crippen molar-refractivity contribution in [2.45, 2.75) is 18.9 Å². The number of para-hydroxylation sites is 1. The third-order valence-electron chi connectivity index (χ3n) is 2.93. The van der Waals surface area contributed by atoms with Crippen molar-refractivity contribution in [3.05, 3.63) is 47.3 Å². The Balaban J connectivity index is 2.45. The minimum atomic E-state index is -0.521. The fraction of sp³-hybridized carbons (Fsp3) is 0.333. The van der Waals surface area contributed by atoms with Crippen LogP contribution < -0.4 is 4.74 Å². The predicted molar refractivity (Wildman–Crippen MR) is 59.3 cm³/mol. The van der Waals surface area contributed by atoms with Gasteiger partial charge in [-0.2, -0.15) is 0 Å². The maximum Gasteiger partial charge on any atom is 0.124 e. The summed E-state index contributed by atoms with van der Waals surface area (Å²) in [5.41, 5.74) is 0.416. The minimum absolute atomic E-state index is 0.521. The van der Waals surface area contributed by atoms with E-state index in [4.69, 9.17) is 4.74 Å². The molecule has 1 aliphatic heterocycles. The van der Waals surface area contributed by atoms with Crippen LogP contribution in [0.2, 0.25) is 0 Å². The molecule has 0 aliphatic carbocycles. The van der Waals surface area contributed by atoms with Gasteiger partial charge in [0.15, 0.2) is 0 Å². The highest BCUT2D eigenvalue weighted by atomic mass is 16.5. The van der Waals surface area contributed by atoms with Gasteiger partial charge in [-0.1, -0.05) is 24.3 Å². The van der Waals surface area contributed by atoms with Gasteiger partial charge >= 0.3 is 0 Å². The van der Waals surface area contributed by atoms with Crippen molar-refractivity contribution in [1.29, 1.82) is 0 Å². The van der Waals surface area contributed by atoms with Crippen molar-refractivity contribution in [3.8, 4) is 5.75 Å². The van der Waals surface area contributed by atoms with E-state index < -0.39 is 5.54 Å². The maximum absolute atomic E-state index is 11.7. The Labute approximate surface area is 89.5 Å². The molecule has 0 saturated carbocycles. The van der Waals surface area contributed by atoms with Gasteiger partial charge in [-0.15, -0.1) is 0 Å². The van der Waals surface area contributed by atoms with Gasteiger partial charge in [-0.3, -0.25) is 0 Å². The highest BCUT2D eigenvalue weighted by Crippen LogP contribution is 2.40. The molecule has 3 nitrogen and oxygen atoms in total. The zero-order valence-electron chi connectivity index (χ0n) is 8.93. The summed E-state index contributed by atoms with van der Waals surface area (Å²) in [5.74, 6) is 0.768. The van der Waals surface area contributed by atoms with E-state index in [1.165, 1.54) is 0 Å². The molecule has 0 aromatic heterocycles. The molecule has 15 heavy (non-hydrogen) atoms. The van der Waals surface area contributed by atoms with Crippen LogP contribution in [0.4, 0.5) is 0 Å². The van der Waals surface area contributed by atoms with Crippen LogP contribution in [0.5, 0.6) is 5.75 Å². The van der Waals surface area contributed by atoms with E-state index in [1.54, 1.807) is 13.3 Å². The fourth-order valence-corrected chi connectivity index (χ4v) is 1.95. The second kappa shape index (κ2) is 3.59. The number of methoxy groups -OCH3 is 1. The molecule has 1 unspecified atom stereocenters. The van der Waals surface area contributed by atoms with E-state index in [0.717, 1.165) is 22.8 Å². The standard InChI is InChI=1S/C12H14NO2/c1-12(8-5-9-13(12)14)10-6-3-4-7-11(10)15-2/h3-7,9H,8H2,1-2H3/q-1. The summed E-state index contributed by atoms with van der Waals surface area (Å²) < 4.78 is 5.28. The van der Waals surface area contributed by atoms with E-state index in [-0.39, 0.29) is 0 Å². The van der Waals surface area contributed by atoms with Crippen LogP contribution in [0.3, 0.4) is 0 Å². The van der Waals surface area contributed by atoms with Crippen LogP contribution in [0.1, 0.15) is 18.9 Å². The van der Waals surface area contributed by atoms with Gasteiger partial charge in [-0.25, -0.2) is 0 Å². The third kappa shape index (κ3) is 1.49. The first-order chi connectivity index (χ1) is 7.18. The van der Waals surface area contributed by atoms with Crippen molar-refractivity contribution in [3.63, 3.8) is 0 Å². The minimum Gasteiger partial charge on any atom is -0.758 e. The molecule has 3 heteroatoms. The van der Waals surface area contributed by atoms with Crippen LogP contribution in [0, 0.1) is 5.21 Å². The summed E-state index contributed by atoms with van der Waals surface area (Å²) in [6, 6.07) is 7.65. The Morgan fingerprint density at radius 3 is 2.73 bits per heavy atom. The second-order valence-corrected chi connectivity index (χ2v) is 3.89. The molecular weight excluding hydrogens is 190 g/mol. The Hall–Kier alpha value is -1.48. The van der Waals surface area contributed by atoms with Gasteiger partial charge in [-0.05, 0) is 25.6 Å². The van der Waals surface area contributed by atoms with Gasteiger partial charge in [0.2, 0.25) is 0 Å². The first-order valence-corrected chi connectivity index (χ1v) is 4.95. The van der Waals surface area contributed by atoms with Crippen molar-refractivity contribution in [2.75, 3.05) is 7.11 Å². The molecule has 0 N–H and O–H groups in total. The summed E-state index contributed by atoms with van der Waals surface area (Å²) in [5, 5.41) is 12.7. The Morgan fingerprint density at radius 1 is 1.40 bits per heavy atom. The van der Waals surface area contributed by atoms with E-state index >= 15 is 0 Å². The molecule has 80 valence electrons. The number of hydroxylamine groups is 2. The van der Waals surface area contributed by atoms with Gasteiger partial charge in [0.1, 0.15) is 5.75 Å². The average molecular weight is 204 g/mol. The molecule has 0 saturated heterocycles. The first kappa shape index (κ1) is 10.1. The molecule has 1 aromatic carbocycles. The van der Waals surface area contributed by atoms with Crippen molar-refractivity contribution >= 4 is 0 Å². The molecule has 0 radical (unpaired) electrons. The van der Waals surface area contributed by atoms with Gasteiger partial charge in [0.05, 0.1) is 12.6 Å². The van der Waals surface area contributed by atoms with Crippen molar-refractivity contribution in [1.82, 2.24) is 5.06 Å². The number of ether oxygens (including phenoxy) is 1. The average Bonchev–Trinajstić information content (AvgIpc) is 2.60. The molecule has 0 spiro atoms. The summed E-state index contributed by atoms with van der Waals surface area (Å²) in [6.07, 6.45) is 4.18. The molecule has 0 bridgehead atoms. The van der Waals surface area contributed by atoms with Crippen LogP contribution in [0.25, 0.3) is 0 Å². The normalized spacial score (nSPS) is 24.6. The maximum atomic E-state index is 11.7. The lowest BCUT2D eigenvalue weighted by Crippen LogP contribution is -2.33. The Bertz CT molecular complexity index is 389. The number of nitrogens with zero attached hydrogens (tertiary/aromatic N) is 1. The van der Waals surface area contributed by atoms with Crippen LogP contribution in [-0.4, -0.2) is 12.2 Å². The molecule has 1 aliphatic rings. The topological polar surface area (TPSA) is 35.5 Å². The number of rotatable bonds is 2. The van der Waals surface area contributed by atoms with Crippen LogP contribution >= 0.6 is 0 Å². The fourth-order valence-electron chi connectivity index (χ4n) is 1.95. The van der Waals surface area contributed by atoms with E-state index in [2.05, 4.69) is 0 Å². The van der Waals surface area contributed by atoms with Gasteiger partial charge < -0.3 is 15.0 Å². The zero-order chi connectivity index (χ0) is 10.9. The molecule has 1 atom stereocenters. The quantitative estimate of drug-likeness (QED) is 0.742. The van der Waals surface area contributed by atoms with Crippen molar-refractivity contribution in [2.24, 2.45) is 0 Å². The molecule has 0 amide bonds. The summed E-state index contributed by atoms with van der Waals surface area (Å²) >= 11 is 0. The van der Waals surface area contributed by atoms with Crippen molar-refractivity contribution < 1.29 is 4.74 Å².